The third kappa shape index (κ3) is 5.87. The van der Waals surface area contributed by atoms with Crippen LogP contribution in [0.4, 0.5) is 10.1 Å². The van der Waals surface area contributed by atoms with Crippen LogP contribution in [0.3, 0.4) is 0 Å². The molecule has 146 valence electrons. The van der Waals surface area contributed by atoms with Gasteiger partial charge < -0.3 is 0 Å². The SMILES string of the molecule is CC1CC1.C\C=C(C)/N=C(Cl)\C(=C/C)C1=Nc2cc(F)c(C)cc2C(C)C1. The molecule has 1 atom stereocenters. The minimum atomic E-state index is -0.229. The van der Waals surface area contributed by atoms with E-state index in [9.17, 15) is 4.39 Å². The Labute approximate surface area is 168 Å². The maximum absolute atomic E-state index is 13.9. The van der Waals surface area contributed by atoms with E-state index in [4.69, 9.17) is 11.6 Å². The molecule has 1 aliphatic carbocycles. The molecule has 1 heterocycles. The fourth-order valence-electron chi connectivity index (χ4n) is 2.80. The summed E-state index contributed by atoms with van der Waals surface area (Å²) in [6.45, 7) is 11.9. The molecule has 1 unspecified atom stereocenters. The highest BCUT2D eigenvalue weighted by Gasteiger charge is 2.24. The number of rotatable bonds is 3. The van der Waals surface area contributed by atoms with Crippen LogP contribution in [-0.4, -0.2) is 10.9 Å². The maximum atomic E-state index is 13.9. The lowest BCUT2D eigenvalue weighted by atomic mass is 9.87. The normalized spacial score (nSPS) is 20.5. The van der Waals surface area contributed by atoms with E-state index < -0.39 is 0 Å². The van der Waals surface area contributed by atoms with Crippen molar-refractivity contribution in [3.05, 3.63) is 52.5 Å². The summed E-state index contributed by atoms with van der Waals surface area (Å²) in [5.74, 6) is 1.12. The van der Waals surface area contributed by atoms with Crippen molar-refractivity contribution in [2.75, 3.05) is 0 Å². The van der Waals surface area contributed by atoms with Crippen molar-refractivity contribution in [3.63, 3.8) is 0 Å². The van der Waals surface area contributed by atoms with Gasteiger partial charge in [0.1, 0.15) is 11.0 Å². The summed E-state index contributed by atoms with van der Waals surface area (Å²) in [5, 5.41) is 0.421. The first-order valence-electron chi connectivity index (χ1n) is 9.68. The second-order valence-corrected chi connectivity index (χ2v) is 7.90. The van der Waals surface area contributed by atoms with Crippen LogP contribution in [0.2, 0.25) is 0 Å². The summed E-state index contributed by atoms with van der Waals surface area (Å²) in [4.78, 5) is 9.02. The second kappa shape index (κ2) is 9.45. The highest BCUT2D eigenvalue weighted by atomic mass is 35.5. The van der Waals surface area contributed by atoms with E-state index in [1.807, 2.05) is 39.0 Å². The molecule has 1 aromatic rings. The van der Waals surface area contributed by atoms with Crippen LogP contribution in [0.5, 0.6) is 0 Å². The zero-order valence-corrected chi connectivity index (χ0v) is 18.0. The van der Waals surface area contributed by atoms with Gasteiger partial charge in [0.2, 0.25) is 0 Å². The van der Waals surface area contributed by atoms with E-state index in [-0.39, 0.29) is 11.7 Å². The van der Waals surface area contributed by atoms with Gasteiger partial charge in [-0.3, -0.25) is 4.99 Å². The highest BCUT2D eigenvalue weighted by molar-refractivity contribution is 6.72. The average molecular weight is 389 g/mol. The number of halogens is 2. The molecule has 1 fully saturated rings. The highest BCUT2D eigenvalue weighted by Crippen LogP contribution is 2.37. The summed E-state index contributed by atoms with van der Waals surface area (Å²) in [7, 11) is 0. The molecule has 2 aliphatic rings. The Bertz CT molecular complexity index is 814. The molecular formula is C23H30ClFN2. The molecule has 0 aromatic heterocycles. The average Bonchev–Trinajstić information content (AvgIpc) is 3.40. The van der Waals surface area contributed by atoms with Gasteiger partial charge in [-0.05, 0) is 57.1 Å². The molecule has 27 heavy (non-hydrogen) atoms. The van der Waals surface area contributed by atoms with Gasteiger partial charge in [-0.2, -0.15) is 0 Å². The van der Waals surface area contributed by atoms with Crippen molar-refractivity contribution < 1.29 is 4.39 Å². The van der Waals surface area contributed by atoms with Gasteiger partial charge in [-0.25, -0.2) is 9.38 Å². The fraction of sp³-hybridized carbons (Fsp3) is 0.478. The molecule has 0 bridgehead atoms. The molecule has 0 amide bonds. The molecule has 0 radical (unpaired) electrons. The monoisotopic (exact) mass is 388 g/mol. The molecule has 1 aliphatic heterocycles. The quantitative estimate of drug-likeness (QED) is 0.475. The topological polar surface area (TPSA) is 24.7 Å². The third-order valence-electron chi connectivity index (χ3n) is 4.97. The van der Waals surface area contributed by atoms with Crippen molar-refractivity contribution in [3.8, 4) is 0 Å². The van der Waals surface area contributed by atoms with E-state index in [2.05, 4.69) is 23.8 Å². The Kier molecular flexibility index (Phi) is 7.55. The number of aryl methyl sites for hydroxylation is 1. The number of benzene rings is 1. The first-order chi connectivity index (χ1) is 12.8. The summed E-state index contributed by atoms with van der Waals surface area (Å²) in [6.07, 6.45) is 7.54. The molecule has 2 nitrogen and oxygen atoms in total. The Morgan fingerprint density at radius 2 is 1.85 bits per heavy atom. The summed E-state index contributed by atoms with van der Waals surface area (Å²) in [5.41, 5.74) is 4.94. The summed E-state index contributed by atoms with van der Waals surface area (Å²) < 4.78 is 13.9. The zero-order chi connectivity index (χ0) is 20.1. The zero-order valence-electron chi connectivity index (χ0n) is 17.2. The van der Waals surface area contributed by atoms with Crippen molar-refractivity contribution in [2.24, 2.45) is 15.9 Å². The number of nitrogens with zero attached hydrogens (tertiary/aromatic N) is 2. The standard InChI is InChI=1S/C19H22ClFN2.C4H8/c1-6-13(5)22-19(20)14(7-2)17-9-11(3)15-8-12(4)16(21)10-18(15)23-17;1-4-2-3-4/h6-8,10-11H,9H2,1-5H3;4H,2-3H2,1H3/b13-6-,14-7-,22-19+;. The van der Waals surface area contributed by atoms with Crippen LogP contribution in [-0.2, 0) is 0 Å². The number of hydrogen-bond acceptors (Lipinski definition) is 2. The predicted molar refractivity (Wildman–Crippen MR) is 116 cm³/mol. The van der Waals surface area contributed by atoms with Gasteiger partial charge in [0, 0.05) is 17.3 Å². The molecule has 0 N–H and O–H groups in total. The molecule has 1 aromatic carbocycles. The largest absolute Gasteiger partial charge is 0.252 e. The van der Waals surface area contributed by atoms with Gasteiger partial charge in [0.05, 0.1) is 11.4 Å². The van der Waals surface area contributed by atoms with Gasteiger partial charge in [-0.15, -0.1) is 0 Å². The first kappa shape index (κ1) is 21.6. The van der Waals surface area contributed by atoms with Crippen molar-refractivity contribution in [2.45, 2.75) is 66.7 Å². The van der Waals surface area contributed by atoms with E-state index >= 15 is 0 Å². The van der Waals surface area contributed by atoms with Crippen LogP contribution in [0, 0.1) is 18.7 Å². The predicted octanol–water partition coefficient (Wildman–Crippen LogP) is 7.64. The van der Waals surface area contributed by atoms with Crippen LogP contribution in [0.25, 0.3) is 0 Å². The second-order valence-electron chi connectivity index (χ2n) is 7.54. The number of fused-ring (bicyclic) bond motifs is 1. The van der Waals surface area contributed by atoms with E-state index in [0.717, 1.165) is 34.9 Å². The summed E-state index contributed by atoms with van der Waals surface area (Å²) >= 11 is 6.37. The Morgan fingerprint density at radius 3 is 2.37 bits per heavy atom. The van der Waals surface area contributed by atoms with E-state index in [0.29, 0.717) is 16.4 Å². The molecule has 3 rings (SSSR count). The first-order valence-corrected chi connectivity index (χ1v) is 10.1. The number of allylic oxidation sites excluding steroid dienone is 4. The van der Waals surface area contributed by atoms with Crippen molar-refractivity contribution in [1.29, 1.82) is 0 Å². The molecule has 0 saturated heterocycles. The van der Waals surface area contributed by atoms with Crippen molar-refractivity contribution in [1.82, 2.24) is 0 Å². The molecular weight excluding hydrogens is 359 g/mol. The Morgan fingerprint density at radius 1 is 1.22 bits per heavy atom. The Balaban J connectivity index is 0.000000576. The van der Waals surface area contributed by atoms with Crippen molar-refractivity contribution >= 4 is 28.2 Å². The van der Waals surface area contributed by atoms with Gasteiger partial charge >= 0.3 is 0 Å². The molecule has 1 saturated carbocycles. The third-order valence-corrected chi connectivity index (χ3v) is 5.26. The summed E-state index contributed by atoms with van der Waals surface area (Å²) in [6, 6.07) is 3.40. The lowest BCUT2D eigenvalue weighted by molar-refractivity contribution is 0.616. The molecule has 4 heteroatoms. The van der Waals surface area contributed by atoms with Crippen LogP contribution >= 0.6 is 11.6 Å². The number of aliphatic imine (C=N–C) groups is 2. The van der Waals surface area contributed by atoms with Crippen LogP contribution in [0.15, 0.2) is 45.5 Å². The lowest BCUT2D eigenvalue weighted by Crippen LogP contribution is -2.16. The van der Waals surface area contributed by atoms with E-state index in [1.54, 1.807) is 6.92 Å². The van der Waals surface area contributed by atoms with Crippen LogP contribution in [0.1, 0.15) is 70.9 Å². The number of hydrogen-bond donors (Lipinski definition) is 0. The van der Waals surface area contributed by atoms with E-state index in [1.165, 1.54) is 18.9 Å². The van der Waals surface area contributed by atoms with Gasteiger partial charge in [0.25, 0.3) is 0 Å². The van der Waals surface area contributed by atoms with Gasteiger partial charge in [-0.1, -0.05) is 56.5 Å². The minimum Gasteiger partial charge on any atom is -0.252 e. The van der Waals surface area contributed by atoms with Crippen LogP contribution < -0.4 is 0 Å². The minimum absolute atomic E-state index is 0.229. The maximum Gasteiger partial charge on any atom is 0.138 e. The fourth-order valence-corrected chi connectivity index (χ4v) is 3.15. The smallest absolute Gasteiger partial charge is 0.138 e. The lowest BCUT2D eigenvalue weighted by Gasteiger charge is -2.23. The Hall–Kier alpha value is -1.74. The molecule has 0 spiro atoms. The van der Waals surface area contributed by atoms with Gasteiger partial charge in [0.15, 0.2) is 0 Å².